The number of carbonyl (C=O) groups is 1. The van der Waals surface area contributed by atoms with Gasteiger partial charge in [0.1, 0.15) is 11.9 Å². The highest BCUT2D eigenvalue weighted by molar-refractivity contribution is 7.97. The first-order chi connectivity index (χ1) is 17.5. The van der Waals surface area contributed by atoms with E-state index < -0.39 is 5.41 Å². The Morgan fingerprint density at radius 2 is 1.86 bits per heavy atom. The molecule has 0 unspecified atom stereocenters. The number of carbonyl (C=O) groups excluding carboxylic acids is 1. The van der Waals surface area contributed by atoms with Crippen LogP contribution in [0.5, 0.6) is 5.75 Å². The number of nitriles is 1. The maximum Gasteiger partial charge on any atom is 0.195 e. The van der Waals surface area contributed by atoms with Gasteiger partial charge in [-0.3, -0.25) is 4.79 Å². The lowest BCUT2D eigenvalue weighted by Gasteiger charge is -2.34. The number of rotatable bonds is 4. The Morgan fingerprint density at radius 3 is 2.61 bits per heavy atom. The average molecular weight is 504 g/mol. The molecular formula is C28H29N3O4S. The summed E-state index contributed by atoms with van der Waals surface area (Å²) in [7, 11) is 0. The fourth-order valence-electron chi connectivity index (χ4n) is 5.42. The number of H-pyrrole nitrogens is 1. The van der Waals surface area contributed by atoms with Crippen molar-refractivity contribution in [2.45, 2.75) is 43.1 Å². The number of ketones is 1. The number of aromatic amines is 1. The first-order valence-corrected chi connectivity index (χ1v) is 13.3. The summed E-state index contributed by atoms with van der Waals surface area (Å²) in [6.07, 6.45) is 1.81. The first kappa shape index (κ1) is 23.6. The number of benzene rings is 2. The number of ether oxygens (including phenoxy) is 3. The van der Waals surface area contributed by atoms with Crippen molar-refractivity contribution in [2.75, 3.05) is 39.5 Å². The van der Waals surface area contributed by atoms with Crippen LogP contribution >= 0.6 is 11.9 Å². The van der Waals surface area contributed by atoms with Crippen LogP contribution in [0.3, 0.4) is 0 Å². The zero-order valence-electron chi connectivity index (χ0n) is 20.6. The summed E-state index contributed by atoms with van der Waals surface area (Å²) in [6.45, 7) is 8.74. The number of morpholine rings is 1. The van der Waals surface area contributed by atoms with Crippen LogP contribution in [0, 0.1) is 11.3 Å². The highest BCUT2D eigenvalue weighted by Gasteiger charge is 2.41. The van der Waals surface area contributed by atoms with Gasteiger partial charge in [-0.25, -0.2) is 4.31 Å². The smallest absolute Gasteiger partial charge is 0.195 e. The van der Waals surface area contributed by atoms with Gasteiger partial charge in [-0.1, -0.05) is 19.9 Å². The van der Waals surface area contributed by atoms with Gasteiger partial charge in [0.25, 0.3) is 0 Å². The monoisotopic (exact) mass is 503 g/mol. The molecule has 0 amide bonds. The number of aromatic nitrogens is 1. The van der Waals surface area contributed by atoms with Gasteiger partial charge in [-0.05, 0) is 41.8 Å². The summed E-state index contributed by atoms with van der Waals surface area (Å²) in [5.74, 6) is 0.834. The molecule has 3 aromatic rings. The third-order valence-corrected chi connectivity index (χ3v) is 8.58. The minimum Gasteiger partial charge on any atom is -0.489 e. The van der Waals surface area contributed by atoms with Gasteiger partial charge in [-0.2, -0.15) is 5.26 Å². The molecule has 0 atom stereocenters. The van der Waals surface area contributed by atoms with Crippen molar-refractivity contribution < 1.29 is 19.0 Å². The molecule has 6 rings (SSSR count). The summed E-state index contributed by atoms with van der Waals surface area (Å²) in [5, 5.41) is 10.2. The summed E-state index contributed by atoms with van der Waals surface area (Å²) < 4.78 is 19.9. The Bertz CT molecular complexity index is 1380. The molecule has 186 valence electrons. The Morgan fingerprint density at radius 1 is 1.11 bits per heavy atom. The lowest BCUT2D eigenvalue weighted by Crippen LogP contribution is -2.32. The van der Waals surface area contributed by atoms with Crippen molar-refractivity contribution in [3.63, 3.8) is 0 Å². The van der Waals surface area contributed by atoms with E-state index in [-0.39, 0.29) is 11.9 Å². The van der Waals surface area contributed by atoms with E-state index in [1.165, 1.54) is 0 Å². The van der Waals surface area contributed by atoms with Crippen LogP contribution < -0.4 is 4.74 Å². The molecule has 36 heavy (non-hydrogen) atoms. The zero-order chi connectivity index (χ0) is 24.9. The van der Waals surface area contributed by atoms with E-state index in [4.69, 9.17) is 14.2 Å². The van der Waals surface area contributed by atoms with E-state index in [2.05, 4.69) is 35.3 Å². The van der Waals surface area contributed by atoms with Gasteiger partial charge in [-0.15, -0.1) is 0 Å². The molecule has 3 aliphatic rings. The van der Waals surface area contributed by atoms with Crippen LogP contribution in [-0.4, -0.2) is 60.7 Å². The number of nitrogens with zero attached hydrogens (tertiary/aromatic N) is 2. The third-order valence-electron chi connectivity index (χ3n) is 7.44. The lowest BCUT2D eigenvalue weighted by atomic mass is 9.71. The van der Waals surface area contributed by atoms with Crippen molar-refractivity contribution in [1.29, 1.82) is 5.26 Å². The third kappa shape index (κ3) is 4.00. The van der Waals surface area contributed by atoms with Crippen LogP contribution in [-0.2, 0) is 14.9 Å². The molecule has 3 heterocycles. The van der Waals surface area contributed by atoms with Crippen molar-refractivity contribution >= 4 is 28.6 Å². The molecule has 1 aliphatic carbocycles. The standard InChI is InChI=1S/C28H29N3O4S/c1-28(2)21-15-23(35-18-5-9-33-10-6-18)24(36-31-7-11-34-12-8-31)14-20(21)26(32)25-19-4-3-17(16-29)13-22(19)30-27(25)28/h3-4,13-15,18,30H,5-12H2,1-2H3. The number of hydrogen-bond donors (Lipinski definition) is 1. The van der Waals surface area contributed by atoms with Crippen molar-refractivity contribution in [1.82, 2.24) is 9.29 Å². The lowest BCUT2D eigenvalue weighted by molar-refractivity contribution is 0.0243. The largest absolute Gasteiger partial charge is 0.489 e. The number of hydrogen-bond acceptors (Lipinski definition) is 7. The van der Waals surface area contributed by atoms with Crippen LogP contribution in [0.15, 0.2) is 35.2 Å². The van der Waals surface area contributed by atoms with Gasteiger partial charge >= 0.3 is 0 Å². The Kier molecular flexibility index (Phi) is 6.05. The minimum absolute atomic E-state index is 0.0109. The van der Waals surface area contributed by atoms with E-state index in [9.17, 15) is 10.1 Å². The summed E-state index contributed by atoms with van der Waals surface area (Å²) in [6, 6.07) is 11.8. The molecule has 0 saturated carbocycles. The fraction of sp³-hybridized carbons (Fsp3) is 0.429. The van der Waals surface area contributed by atoms with Gasteiger partial charge < -0.3 is 19.2 Å². The second-order valence-corrected chi connectivity index (χ2v) is 11.2. The van der Waals surface area contributed by atoms with Crippen molar-refractivity contribution in [3.8, 4) is 11.8 Å². The van der Waals surface area contributed by atoms with Gasteiger partial charge in [0.05, 0.1) is 48.5 Å². The Balaban J connectivity index is 1.47. The molecule has 1 N–H and O–H groups in total. The summed E-state index contributed by atoms with van der Waals surface area (Å²) in [4.78, 5) is 18.4. The van der Waals surface area contributed by atoms with Gasteiger partial charge in [0.15, 0.2) is 5.78 Å². The van der Waals surface area contributed by atoms with Crippen molar-refractivity contribution in [3.05, 3.63) is 58.3 Å². The molecule has 0 radical (unpaired) electrons. The maximum absolute atomic E-state index is 14.0. The normalized spacial score (nSPS) is 20.1. The molecule has 2 saturated heterocycles. The maximum atomic E-state index is 14.0. The molecule has 2 aromatic carbocycles. The second-order valence-electron chi connectivity index (χ2n) is 10.1. The van der Waals surface area contributed by atoms with Gasteiger partial charge in [0, 0.05) is 53.5 Å². The molecule has 7 nitrogen and oxygen atoms in total. The molecule has 2 fully saturated rings. The minimum atomic E-state index is -0.444. The van der Waals surface area contributed by atoms with Gasteiger partial charge in [0.2, 0.25) is 0 Å². The van der Waals surface area contributed by atoms with Crippen molar-refractivity contribution in [2.24, 2.45) is 0 Å². The van der Waals surface area contributed by atoms with E-state index in [1.54, 1.807) is 18.0 Å². The Hall–Kier alpha value is -2.83. The molecule has 8 heteroatoms. The predicted molar refractivity (Wildman–Crippen MR) is 138 cm³/mol. The van der Waals surface area contributed by atoms with E-state index in [0.29, 0.717) is 43.1 Å². The molecular weight excluding hydrogens is 474 g/mol. The number of nitrogens with one attached hydrogen (secondary N) is 1. The van der Waals surface area contributed by atoms with E-state index in [0.717, 1.165) is 58.7 Å². The molecule has 2 aliphatic heterocycles. The summed E-state index contributed by atoms with van der Waals surface area (Å²) >= 11 is 1.65. The van der Waals surface area contributed by atoms with Crippen LogP contribution in [0.1, 0.15) is 59.4 Å². The van der Waals surface area contributed by atoms with Crippen LogP contribution in [0.25, 0.3) is 10.9 Å². The topological polar surface area (TPSA) is 87.6 Å². The first-order valence-electron chi connectivity index (χ1n) is 12.5. The SMILES string of the molecule is CC1(C)c2cc(OC3CCOCC3)c(SN3CCOCC3)cc2C(=O)c2c1[nH]c1cc(C#N)ccc21. The van der Waals surface area contributed by atoms with Crippen LogP contribution in [0.4, 0.5) is 0 Å². The molecule has 1 aromatic heterocycles. The van der Waals surface area contributed by atoms with E-state index in [1.807, 2.05) is 18.2 Å². The zero-order valence-corrected chi connectivity index (χ0v) is 21.4. The van der Waals surface area contributed by atoms with Crippen LogP contribution in [0.2, 0.25) is 0 Å². The fourth-order valence-corrected chi connectivity index (χ4v) is 6.40. The summed E-state index contributed by atoms with van der Waals surface area (Å²) in [5.41, 5.74) is 4.20. The predicted octanol–water partition coefficient (Wildman–Crippen LogP) is 4.81. The number of fused-ring (bicyclic) bond motifs is 4. The molecule has 0 bridgehead atoms. The highest BCUT2D eigenvalue weighted by atomic mass is 32.2. The molecule has 0 spiro atoms. The second kappa shape index (κ2) is 9.24. The van der Waals surface area contributed by atoms with E-state index >= 15 is 0 Å². The quantitative estimate of drug-likeness (QED) is 0.512. The average Bonchev–Trinajstić information content (AvgIpc) is 3.29. The Labute approximate surface area is 214 Å². The highest BCUT2D eigenvalue weighted by Crippen LogP contribution is 2.47.